The third-order valence-electron chi connectivity index (χ3n) is 5.31. The van der Waals surface area contributed by atoms with Crippen LogP contribution in [-0.2, 0) is 10.2 Å². The summed E-state index contributed by atoms with van der Waals surface area (Å²) in [6.07, 6.45) is 1.99. The molecule has 13 heteroatoms. The number of aromatic nitrogens is 5. The molecule has 1 saturated heterocycles. The molecule has 0 radical (unpaired) electrons. The van der Waals surface area contributed by atoms with Crippen LogP contribution in [0.5, 0.6) is 0 Å². The van der Waals surface area contributed by atoms with Crippen molar-refractivity contribution in [1.29, 1.82) is 0 Å². The smallest absolute Gasteiger partial charge is 0.282 e. The highest BCUT2D eigenvalue weighted by atomic mass is 32.2. The van der Waals surface area contributed by atoms with E-state index in [4.69, 9.17) is 5.14 Å². The van der Waals surface area contributed by atoms with Crippen LogP contribution in [0.2, 0.25) is 0 Å². The second-order valence-corrected chi connectivity index (χ2v) is 9.17. The van der Waals surface area contributed by atoms with Gasteiger partial charge in [-0.3, -0.25) is 0 Å². The van der Waals surface area contributed by atoms with Gasteiger partial charge in [0.1, 0.15) is 23.5 Å². The van der Waals surface area contributed by atoms with Crippen LogP contribution in [0.15, 0.2) is 30.7 Å². The van der Waals surface area contributed by atoms with E-state index >= 15 is 0 Å². The summed E-state index contributed by atoms with van der Waals surface area (Å²) in [7, 11) is -2.27. The zero-order valence-electron chi connectivity index (χ0n) is 16.8. The van der Waals surface area contributed by atoms with Crippen molar-refractivity contribution in [3.8, 4) is 11.4 Å². The molecule has 166 valence electrons. The lowest BCUT2D eigenvalue weighted by atomic mass is 9.98. The number of rotatable bonds is 6. The second-order valence-electron chi connectivity index (χ2n) is 7.51. The van der Waals surface area contributed by atoms with Gasteiger partial charge < -0.3 is 4.90 Å². The molecule has 3 aromatic heterocycles. The zero-order chi connectivity index (χ0) is 22.2. The molecule has 0 saturated carbocycles. The predicted octanol–water partition coefficient (Wildman–Crippen LogP) is 1.48. The van der Waals surface area contributed by atoms with Crippen LogP contribution in [0.3, 0.4) is 0 Å². The Morgan fingerprint density at radius 3 is 2.84 bits per heavy atom. The maximum Gasteiger partial charge on any atom is 0.282 e. The number of hydrogen-bond donors (Lipinski definition) is 1. The molecular weight excluding hydrogens is 430 g/mol. The van der Waals surface area contributed by atoms with Crippen LogP contribution < -0.4 is 10.0 Å². The van der Waals surface area contributed by atoms with E-state index < -0.39 is 16.6 Å². The molecule has 1 atom stereocenters. The Morgan fingerprint density at radius 2 is 2.10 bits per heavy atom. The van der Waals surface area contributed by atoms with E-state index in [0.29, 0.717) is 35.9 Å². The molecule has 3 aromatic rings. The number of nitrogens with two attached hydrogens (primary N) is 1. The number of nitrogens with zero attached hydrogens (tertiary/aromatic N) is 7. The molecule has 1 aliphatic rings. The van der Waals surface area contributed by atoms with Gasteiger partial charge in [-0.2, -0.15) is 17.8 Å². The molecule has 2 N–H and O–H groups in total. The van der Waals surface area contributed by atoms with Gasteiger partial charge in [0.25, 0.3) is 16.6 Å². The monoisotopic (exact) mass is 452 g/mol. The first-order valence-corrected chi connectivity index (χ1v) is 11.2. The summed E-state index contributed by atoms with van der Waals surface area (Å²) in [5.41, 5.74) is 1.06. The number of alkyl halides is 2. The Kier molecular flexibility index (Phi) is 5.81. The highest BCUT2D eigenvalue weighted by Crippen LogP contribution is 2.26. The van der Waals surface area contributed by atoms with E-state index in [9.17, 15) is 17.2 Å². The molecule has 0 aromatic carbocycles. The molecule has 0 amide bonds. The van der Waals surface area contributed by atoms with E-state index in [0.717, 1.165) is 23.7 Å². The van der Waals surface area contributed by atoms with E-state index in [2.05, 4.69) is 25.0 Å². The lowest BCUT2D eigenvalue weighted by molar-refractivity contribution is 0.144. The fourth-order valence-corrected chi connectivity index (χ4v) is 4.15. The minimum absolute atomic E-state index is 0.0987. The number of piperidine rings is 1. The third kappa shape index (κ3) is 4.62. The largest absolute Gasteiger partial charge is 0.356 e. The lowest BCUT2D eigenvalue weighted by Crippen LogP contribution is -2.43. The molecule has 4 heterocycles. The summed E-state index contributed by atoms with van der Waals surface area (Å²) in [5.74, 6) is 0.759. The third-order valence-corrected chi connectivity index (χ3v) is 6.33. The molecule has 0 spiro atoms. The Hall–Kier alpha value is -2.77. The summed E-state index contributed by atoms with van der Waals surface area (Å²) in [6, 6.07) is 4.48. The summed E-state index contributed by atoms with van der Waals surface area (Å²) in [6.45, 7) is 1.69. The van der Waals surface area contributed by atoms with Gasteiger partial charge in [0.15, 0.2) is 5.65 Å². The van der Waals surface area contributed by atoms with Gasteiger partial charge >= 0.3 is 0 Å². The fourth-order valence-electron chi connectivity index (χ4n) is 3.73. The first-order valence-electron chi connectivity index (χ1n) is 9.66. The molecule has 4 rings (SSSR count). The summed E-state index contributed by atoms with van der Waals surface area (Å²) < 4.78 is 51.7. The summed E-state index contributed by atoms with van der Waals surface area (Å²) in [4.78, 5) is 14.9. The van der Waals surface area contributed by atoms with E-state index in [1.54, 1.807) is 6.07 Å². The van der Waals surface area contributed by atoms with Gasteiger partial charge in [0.05, 0.1) is 11.9 Å². The van der Waals surface area contributed by atoms with Crippen LogP contribution in [0.1, 0.15) is 25.0 Å². The Labute approximate surface area is 177 Å². The van der Waals surface area contributed by atoms with Crippen molar-refractivity contribution in [3.63, 3.8) is 0 Å². The minimum Gasteiger partial charge on any atom is -0.356 e. The van der Waals surface area contributed by atoms with Crippen molar-refractivity contribution in [3.05, 3.63) is 36.4 Å². The van der Waals surface area contributed by atoms with Crippen molar-refractivity contribution in [2.75, 3.05) is 31.6 Å². The van der Waals surface area contributed by atoms with Crippen LogP contribution in [0.4, 0.5) is 14.6 Å². The maximum atomic E-state index is 13.1. The van der Waals surface area contributed by atoms with Gasteiger partial charge in [-0.25, -0.2) is 33.4 Å². The summed E-state index contributed by atoms with van der Waals surface area (Å²) >= 11 is 0. The van der Waals surface area contributed by atoms with Gasteiger partial charge in [-0.05, 0) is 30.9 Å². The van der Waals surface area contributed by atoms with Crippen molar-refractivity contribution >= 4 is 21.7 Å². The van der Waals surface area contributed by atoms with Gasteiger partial charge in [0, 0.05) is 32.7 Å². The Morgan fingerprint density at radius 1 is 1.29 bits per heavy atom. The van der Waals surface area contributed by atoms with Crippen molar-refractivity contribution in [2.24, 2.45) is 11.1 Å². The molecular formula is C18H22F2N8O2S. The number of hydrogen-bond acceptors (Lipinski definition) is 7. The van der Waals surface area contributed by atoms with Gasteiger partial charge in [-0.15, -0.1) is 0 Å². The minimum atomic E-state index is -3.73. The van der Waals surface area contributed by atoms with E-state index in [-0.39, 0.29) is 11.6 Å². The maximum absolute atomic E-state index is 13.1. The summed E-state index contributed by atoms with van der Waals surface area (Å²) in [5, 5.41) is 9.17. The topological polar surface area (TPSA) is 123 Å². The average Bonchev–Trinajstić information content (AvgIpc) is 3.16. The van der Waals surface area contributed by atoms with Gasteiger partial charge in [0.2, 0.25) is 0 Å². The standard InChI is InChI=1S/C18H22F2N8O2S/c1-26(31(21,29)30)9-12-3-2-6-27(10-12)17-7-14(23-11-24-17)15-8-22-16-5-4-13(18(19)20)25-28(15)16/h4-5,7-8,11-12,18H,2-3,6,9-10H2,1H3,(H2,21,29,30). The van der Waals surface area contributed by atoms with Crippen LogP contribution in [0, 0.1) is 5.92 Å². The fraction of sp³-hybridized carbons (Fsp3) is 0.444. The highest BCUT2D eigenvalue weighted by molar-refractivity contribution is 7.86. The van der Waals surface area contributed by atoms with Crippen LogP contribution >= 0.6 is 0 Å². The van der Waals surface area contributed by atoms with Crippen molar-refractivity contribution in [1.82, 2.24) is 28.9 Å². The average molecular weight is 452 g/mol. The second kappa shape index (κ2) is 8.40. The molecule has 1 unspecified atom stereocenters. The molecule has 0 aliphatic carbocycles. The normalized spacial score (nSPS) is 17.7. The molecule has 1 fully saturated rings. The number of anilines is 1. The van der Waals surface area contributed by atoms with Crippen LogP contribution in [0.25, 0.3) is 17.0 Å². The first kappa shape index (κ1) is 21.5. The predicted molar refractivity (Wildman–Crippen MR) is 110 cm³/mol. The Balaban J connectivity index is 1.59. The molecule has 1 aliphatic heterocycles. The highest BCUT2D eigenvalue weighted by Gasteiger charge is 2.25. The quantitative estimate of drug-likeness (QED) is 0.601. The van der Waals surface area contributed by atoms with Gasteiger partial charge in [-0.1, -0.05) is 0 Å². The van der Waals surface area contributed by atoms with Crippen molar-refractivity contribution < 1.29 is 17.2 Å². The van der Waals surface area contributed by atoms with E-state index in [1.807, 2.05) is 0 Å². The zero-order valence-corrected chi connectivity index (χ0v) is 17.6. The van der Waals surface area contributed by atoms with E-state index in [1.165, 1.54) is 36.2 Å². The molecule has 10 nitrogen and oxygen atoms in total. The lowest BCUT2D eigenvalue weighted by Gasteiger charge is -2.34. The van der Waals surface area contributed by atoms with Crippen LogP contribution in [-0.4, -0.2) is 64.0 Å². The molecule has 31 heavy (non-hydrogen) atoms. The Bertz CT molecular complexity index is 1190. The SMILES string of the molecule is CN(CC1CCCN(c2cc(-c3cnc4ccc(C(F)F)nn34)ncn2)C1)S(N)(=O)=O. The number of fused-ring (bicyclic) bond motifs is 1. The molecule has 0 bridgehead atoms. The number of halogens is 2. The number of imidazole rings is 1. The van der Waals surface area contributed by atoms with Crippen molar-refractivity contribution in [2.45, 2.75) is 19.3 Å². The first-order chi connectivity index (χ1) is 14.7.